The van der Waals surface area contributed by atoms with Gasteiger partial charge in [-0.1, -0.05) is 0 Å². The Kier molecular flexibility index (Phi) is 4.55. The van der Waals surface area contributed by atoms with Crippen molar-refractivity contribution in [2.75, 3.05) is 26.7 Å². The van der Waals surface area contributed by atoms with Crippen LogP contribution in [0.4, 0.5) is 0 Å². The minimum absolute atomic E-state index is 0.591. The lowest BCUT2D eigenvalue weighted by molar-refractivity contribution is -0.0114. The third-order valence-electron chi connectivity index (χ3n) is 3.60. The number of likely N-dealkylation sites (N-methyl/N-ethyl adjacent to an activating group) is 1. The van der Waals surface area contributed by atoms with Gasteiger partial charge >= 0.3 is 0 Å². The molecule has 1 saturated heterocycles. The van der Waals surface area contributed by atoms with Crippen molar-refractivity contribution in [1.29, 1.82) is 0 Å². The lowest BCUT2D eigenvalue weighted by Crippen LogP contribution is -2.52. The molecule has 0 saturated carbocycles. The second-order valence-electron chi connectivity index (χ2n) is 5.95. The molecule has 0 bridgehead atoms. The van der Waals surface area contributed by atoms with Crippen LogP contribution in [0.2, 0.25) is 0 Å². The van der Waals surface area contributed by atoms with Crippen LogP contribution in [-0.2, 0) is 6.54 Å². The van der Waals surface area contributed by atoms with Gasteiger partial charge in [0.15, 0.2) is 0 Å². The third kappa shape index (κ3) is 4.27. The lowest BCUT2D eigenvalue weighted by Gasteiger charge is -2.35. The summed E-state index contributed by atoms with van der Waals surface area (Å²) < 4.78 is 0. The Hall–Kier alpha value is -0.970. The molecule has 1 atom stereocenters. The minimum atomic E-state index is -0.591. The molecule has 0 aromatic carbocycles. The fraction of sp³-hybridized carbons (Fsp3) is 0.667. The highest BCUT2D eigenvalue weighted by molar-refractivity contribution is 5.19. The SMILES string of the molecule is Cc1cc(C)nc(CN(C)CC2(O)CCCNC2)c1. The van der Waals surface area contributed by atoms with Crippen LogP contribution in [-0.4, -0.2) is 47.3 Å². The molecule has 0 spiro atoms. The number of β-amino-alcohol motifs (C(OH)–C–C–N with tert-alkyl or cyclic N) is 1. The van der Waals surface area contributed by atoms with Crippen LogP contribution < -0.4 is 5.32 Å². The zero-order chi connectivity index (χ0) is 13.9. The van der Waals surface area contributed by atoms with E-state index >= 15 is 0 Å². The molecule has 4 nitrogen and oxygen atoms in total. The van der Waals surface area contributed by atoms with Crippen LogP contribution in [0.1, 0.15) is 29.8 Å². The van der Waals surface area contributed by atoms with Gasteiger partial charge in [-0.05, 0) is 58.0 Å². The molecule has 2 heterocycles. The predicted molar refractivity (Wildman–Crippen MR) is 77.1 cm³/mol. The van der Waals surface area contributed by atoms with E-state index in [9.17, 15) is 5.11 Å². The number of aromatic nitrogens is 1. The highest BCUT2D eigenvalue weighted by atomic mass is 16.3. The van der Waals surface area contributed by atoms with Gasteiger partial charge < -0.3 is 10.4 Å². The molecule has 0 radical (unpaired) electrons. The first kappa shape index (κ1) is 14.4. The predicted octanol–water partition coefficient (Wildman–Crippen LogP) is 1.24. The Labute approximate surface area is 115 Å². The Balaban J connectivity index is 1.94. The molecule has 0 amide bonds. The Morgan fingerprint density at radius 2 is 2.21 bits per heavy atom. The third-order valence-corrected chi connectivity index (χ3v) is 3.60. The van der Waals surface area contributed by atoms with Crippen molar-refractivity contribution in [3.05, 3.63) is 29.1 Å². The van der Waals surface area contributed by atoms with Gasteiger partial charge in [0.2, 0.25) is 0 Å². The summed E-state index contributed by atoms with van der Waals surface area (Å²) in [6, 6.07) is 4.20. The van der Waals surface area contributed by atoms with E-state index < -0.39 is 5.60 Å². The van der Waals surface area contributed by atoms with Crippen molar-refractivity contribution in [3.63, 3.8) is 0 Å². The van der Waals surface area contributed by atoms with Gasteiger partial charge in [0.05, 0.1) is 11.3 Å². The van der Waals surface area contributed by atoms with E-state index in [2.05, 4.69) is 34.3 Å². The van der Waals surface area contributed by atoms with Crippen molar-refractivity contribution in [1.82, 2.24) is 15.2 Å². The largest absolute Gasteiger partial charge is 0.387 e. The zero-order valence-electron chi connectivity index (χ0n) is 12.2. The second-order valence-corrected chi connectivity index (χ2v) is 5.95. The quantitative estimate of drug-likeness (QED) is 0.858. The van der Waals surface area contributed by atoms with Crippen molar-refractivity contribution < 1.29 is 5.11 Å². The maximum atomic E-state index is 10.5. The highest BCUT2D eigenvalue weighted by Crippen LogP contribution is 2.18. The van der Waals surface area contributed by atoms with Crippen LogP contribution in [0.5, 0.6) is 0 Å². The van der Waals surface area contributed by atoms with Crippen molar-refractivity contribution >= 4 is 0 Å². The Bertz CT molecular complexity index is 407. The van der Waals surface area contributed by atoms with Crippen LogP contribution in [0.25, 0.3) is 0 Å². The summed E-state index contributed by atoms with van der Waals surface area (Å²) >= 11 is 0. The normalized spacial score (nSPS) is 23.8. The van der Waals surface area contributed by atoms with Gasteiger partial charge in [-0.3, -0.25) is 9.88 Å². The molecule has 1 aliphatic rings. The van der Waals surface area contributed by atoms with Crippen LogP contribution in [0, 0.1) is 13.8 Å². The molecule has 4 heteroatoms. The van der Waals surface area contributed by atoms with Gasteiger partial charge in [0.1, 0.15) is 0 Å². The van der Waals surface area contributed by atoms with Gasteiger partial charge in [0, 0.05) is 25.3 Å². The van der Waals surface area contributed by atoms with E-state index in [1.807, 2.05) is 14.0 Å². The van der Waals surface area contributed by atoms with Crippen LogP contribution in [0.15, 0.2) is 12.1 Å². The number of nitrogens with zero attached hydrogens (tertiary/aromatic N) is 2. The summed E-state index contributed by atoms with van der Waals surface area (Å²) in [4.78, 5) is 6.71. The van der Waals surface area contributed by atoms with Crippen molar-refractivity contribution in [3.8, 4) is 0 Å². The number of hydrogen-bond donors (Lipinski definition) is 2. The standard InChI is InChI=1S/C15H25N3O/c1-12-7-13(2)17-14(8-12)9-18(3)11-15(19)5-4-6-16-10-15/h7-8,16,19H,4-6,9-11H2,1-3H3. The first-order chi connectivity index (χ1) is 8.97. The molecule has 106 valence electrons. The van der Waals surface area contributed by atoms with Gasteiger partial charge in [-0.2, -0.15) is 0 Å². The number of rotatable bonds is 4. The van der Waals surface area contributed by atoms with Crippen LogP contribution >= 0.6 is 0 Å². The van der Waals surface area contributed by atoms with E-state index in [-0.39, 0.29) is 0 Å². The molecule has 19 heavy (non-hydrogen) atoms. The van der Waals surface area contributed by atoms with Crippen molar-refractivity contribution in [2.24, 2.45) is 0 Å². The minimum Gasteiger partial charge on any atom is -0.387 e. The number of hydrogen-bond acceptors (Lipinski definition) is 4. The fourth-order valence-corrected chi connectivity index (χ4v) is 2.93. The average Bonchev–Trinajstić information content (AvgIpc) is 2.27. The molecule has 2 rings (SSSR count). The number of pyridine rings is 1. The van der Waals surface area contributed by atoms with Gasteiger partial charge in [-0.15, -0.1) is 0 Å². The molecule has 1 aliphatic heterocycles. The maximum absolute atomic E-state index is 10.5. The Morgan fingerprint density at radius 3 is 2.84 bits per heavy atom. The number of nitrogens with one attached hydrogen (secondary N) is 1. The van der Waals surface area contributed by atoms with Crippen molar-refractivity contribution in [2.45, 2.75) is 38.8 Å². The van der Waals surface area contributed by atoms with Gasteiger partial charge in [0.25, 0.3) is 0 Å². The molecular formula is C15H25N3O. The summed E-state index contributed by atoms with van der Waals surface area (Å²) in [5.41, 5.74) is 2.79. The van der Waals surface area contributed by atoms with Crippen LogP contribution in [0.3, 0.4) is 0 Å². The average molecular weight is 263 g/mol. The number of aryl methyl sites for hydroxylation is 2. The monoisotopic (exact) mass is 263 g/mol. The number of piperidine rings is 1. The molecule has 1 aromatic rings. The molecule has 2 N–H and O–H groups in total. The summed E-state index contributed by atoms with van der Waals surface area (Å²) in [7, 11) is 2.05. The van der Waals surface area contributed by atoms with E-state index in [1.165, 1.54) is 5.56 Å². The number of aliphatic hydroxyl groups is 1. The summed E-state index contributed by atoms with van der Waals surface area (Å²) in [6.07, 6.45) is 1.93. The molecule has 1 fully saturated rings. The second kappa shape index (κ2) is 5.99. The molecule has 0 aliphatic carbocycles. The van der Waals surface area contributed by atoms with E-state index in [4.69, 9.17) is 0 Å². The Morgan fingerprint density at radius 1 is 1.42 bits per heavy atom. The summed E-state index contributed by atoms with van der Waals surface area (Å²) in [5, 5.41) is 13.8. The zero-order valence-corrected chi connectivity index (χ0v) is 12.2. The summed E-state index contributed by atoms with van der Waals surface area (Å²) in [5.74, 6) is 0. The highest BCUT2D eigenvalue weighted by Gasteiger charge is 2.30. The summed E-state index contributed by atoms with van der Waals surface area (Å²) in [6.45, 7) is 7.30. The van der Waals surface area contributed by atoms with E-state index in [0.29, 0.717) is 13.1 Å². The van der Waals surface area contributed by atoms with Gasteiger partial charge in [-0.25, -0.2) is 0 Å². The fourth-order valence-electron chi connectivity index (χ4n) is 2.93. The molecular weight excluding hydrogens is 238 g/mol. The lowest BCUT2D eigenvalue weighted by atomic mass is 9.93. The van der Waals surface area contributed by atoms with E-state index in [0.717, 1.165) is 37.3 Å². The molecule has 1 aromatic heterocycles. The first-order valence-corrected chi connectivity index (χ1v) is 7.03. The topological polar surface area (TPSA) is 48.4 Å². The smallest absolute Gasteiger partial charge is 0.0898 e. The molecule has 1 unspecified atom stereocenters. The van der Waals surface area contributed by atoms with E-state index in [1.54, 1.807) is 0 Å². The first-order valence-electron chi connectivity index (χ1n) is 7.03. The maximum Gasteiger partial charge on any atom is 0.0898 e.